The fraction of sp³-hybridized carbons (Fsp3) is 0.778. The van der Waals surface area contributed by atoms with Crippen molar-refractivity contribution in [1.82, 2.24) is 24.5 Å². The summed E-state index contributed by atoms with van der Waals surface area (Å²) < 4.78 is 1.77. The summed E-state index contributed by atoms with van der Waals surface area (Å²) in [5.41, 5.74) is 0.645. The number of aliphatic hydroxyl groups excluding tert-OH is 1. The number of hydrogen-bond donors (Lipinski definition) is 1. The predicted molar refractivity (Wildman–Crippen MR) is 96.5 cm³/mol. The lowest BCUT2D eigenvalue weighted by Crippen LogP contribution is -2.45. The molecule has 2 aliphatic heterocycles. The van der Waals surface area contributed by atoms with Gasteiger partial charge in [-0.1, -0.05) is 0 Å². The van der Waals surface area contributed by atoms with Gasteiger partial charge in [0.2, 0.25) is 0 Å². The van der Waals surface area contributed by atoms with Gasteiger partial charge in [-0.05, 0) is 46.3 Å². The van der Waals surface area contributed by atoms with Crippen LogP contribution in [0.5, 0.6) is 0 Å². The first-order chi connectivity index (χ1) is 12.1. The first-order valence-corrected chi connectivity index (χ1v) is 9.51. The minimum absolute atomic E-state index is 0.0307. The Labute approximate surface area is 150 Å². The number of nitrogens with zero attached hydrogens (tertiary/aromatic N) is 5. The van der Waals surface area contributed by atoms with Crippen LogP contribution in [0.1, 0.15) is 36.5 Å². The number of rotatable bonds is 3. The van der Waals surface area contributed by atoms with Gasteiger partial charge in [-0.15, -0.1) is 0 Å². The van der Waals surface area contributed by atoms with Crippen LogP contribution >= 0.6 is 0 Å². The average Bonchev–Trinajstić information content (AvgIpc) is 2.89. The molecule has 1 aromatic rings. The maximum atomic E-state index is 12.7. The molecule has 3 heterocycles. The maximum Gasteiger partial charge on any atom is 0.257 e. The molecule has 1 amide bonds. The number of likely N-dealkylation sites (N-methyl/N-ethyl adjacent to an activating group) is 1. The number of carbonyl (C=O) groups is 1. The summed E-state index contributed by atoms with van der Waals surface area (Å²) in [6, 6.07) is 0.155. The van der Waals surface area contributed by atoms with Crippen LogP contribution in [0.15, 0.2) is 12.4 Å². The molecule has 2 saturated heterocycles. The molecular weight excluding hydrogens is 318 g/mol. The molecule has 0 radical (unpaired) electrons. The molecule has 1 N–H and O–H groups in total. The molecule has 2 aliphatic rings. The minimum Gasteiger partial charge on any atom is -0.391 e. The molecule has 7 heteroatoms. The highest BCUT2D eigenvalue weighted by molar-refractivity contribution is 5.93. The highest BCUT2D eigenvalue weighted by Gasteiger charge is 2.32. The van der Waals surface area contributed by atoms with Crippen LogP contribution < -0.4 is 0 Å². The van der Waals surface area contributed by atoms with Crippen LogP contribution in [0.2, 0.25) is 0 Å². The van der Waals surface area contributed by atoms with Gasteiger partial charge < -0.3 is 14.9 Å². The summed E-state index contributed by atoms with van der Waals surface area (Å²) in [5.74, 6) is 0.0307. The smallest absolute Gasteiger partial charge is 0.257 e. The number of aliphatic hydroxyl groups is 1. The van der Waals surface area contributed by atoms with E-state index in [1.165, 1.54) is 0 Å². The molecule has 1 aromatic heterocycles. The second kappa shape index (κ2) is 8.29. The van der Waals surface area contributed by atoms with E-state index >= 15 is 0 Å². The molecule has 25 heavy (non-hydrogen) atoms. The van der Waals surface area contributed by atoms with Crippen molar-refractivity contribution in [2.24, 2.45) is 0 Å². The van der Waals surface area contributed by atoms with Crippen LogP contribution in [0.25, 0.3) is 0 Å². The van der Waals surface area contributed by atoms with Crippen molar-refractivity contribution in [2.45, 2.75) is 44.9 Å². The first kappa shape index (κ1) is 18.4. The molecular formula is C18H31N5O2. The van der Waals surface area contributed by atoms with E-state index in [0.717, 1.165) is 45.6 Å². The quantitative estimate of drug-likeness (QED) is 0.861. The summed E-state index contributed by atoms with van der Waals surface area (Å²) in [6.07, 6.45) is 5.71. The molecule has 2 fully saturated rings. The van der Waals surface area contributed by atoms with Gasteiger partial charge >= 0.3 is 0 Å². The van der Waals surface area contributed by atoms with E-state index in [4.69, 9.17) is 0 Å². The van der Waals surface area contributed by atoms with Crippen molar-refractivity contribution in [3.63, 3.8) is 0 Å². The van der Waals surface area contributed by atoms with E-state index in [-0.39, 0.29) is 18.1 Å². The van der Waals surface area contributed by atoms with E-state index in [2.05, 4.69) is 21.9 Å². The van der Waals surface area contributed by atoms with Gasteiger partial charge in [0.05, 0.1) is 17.9 Å². The van der Waals surface area contributed by atoms with E-state index in [1.54, 1.807) is 10.9 Å². The Morgan fingerprint density at radius 3 is 2.76 bits per heavy atom. The van der Waals surface area contributed by atoms with Gasteiger partial charge in [0.15, 0.2) is 0 Å². The van der Waals surface area contributed by atoms with Gasteiger partial charge in [-0.3, -0.25) is 14.4 Å². The summed E-state index contributed by atoms with van der Waals surface area (Å²) in [7, 11) is 2.16. The number of amides is 1. The zero-order valence-electron chi connectivity index (χ0n) is 15.5. The van der Waals surface area contributed by atoms with Crippen LogP contribution in [0.4, 0.5) is 0 Å². The van der Waals surface area contributed by atoms with Gasteiger partial charge in [-0.25, -0.2) is 0 Å². The van der Waals surface area contributed by atoms with E-state index in [1.807, 2.05) is 18.0 Å². The van der Waals surface area contributed by atoms with Crippen LogP contribution in [0.3, 0.4) is 0 Å². The van der Waals surface area contributed by atoms with E-state index < -0.39 is 0 Å². The maximum absolute atomic E-state index is 12.7. The van der Waals surface area contributed by atoms with E-state index in [9.17, 15) is 9.90 Å². The Morgan fingerprint density at radius 2 is 2.00 bits per heavy atom. The summed E-state index contributed by atoms with van der Waals surface area (Å²) in [4.78, 5) is 19.4. The lowest BCUT2D eigenvalue weighted by atomic mass is 10.0. The lowest BCUT2D eigenvalue weighted by Gasteiger charge is -2.32. The third-order valence-corrected chi connectivity index (χ3v) is 5.55. The Morgan fingerprint density at radius 1 is 1.20 bits per heavy atom. The van der Waals surface area contributed by atoms with Crippen molar-refractivity contribution >= 4 is 5.91 Å². The number of likely N-dealkylation sites (tertiary alicyclic amines) is 1. The van der Waals surface area contributed by atoms with Gasteiger partial charge in [-0.2, -0.15) is 5.10 Å². The van der Waals surface area contributed by atoms with Crippen LogP contribution in [-0.4, -0.2) is 94.0 Å². The Balaban J connectivity index is 1.63. The fourth-order valence-electron chi connectivity index (χ4n) is 3.93. The van der Waals surface area contributed by atoms with Gasteiger partial charge in [0, 0.05) is 45.0 Å². The van der Waals surface area contributed by atoms with Crippen molar-refractivity contribution in [3.05, 3.63) is 18.0 Å². The third-order valence-electron chi connectivity index (χ3n) is 5.55. The highest BCUT2D eigenvalue weighted by Crippen LogP contribution is 2.20. The predicted octanol–water partition coefficient (Wildman–Crippen LogP) is 0.506. The molecule has 140 valence electrons. The lowest BCUT2D eigenvalue weighted by molar-refractivity contribution is 0.0491. The molecule has 0 saturated carbocycles. The Bertz CT molecular complexity index is 576. The molecule has 0 aromatic carbocycles. The summed E-state index contributed by atoms with van der Waals surface area (Å²) in [5, 5.41) is 14.9. The zero-order chi connectivity index (χ0) is 17.8. The third kappa shape index (κ3) is 4.40. The molecule has 0 unspecified atom stereocenters. The number of hydrogen-bond acceptors (Lipinski definition) is 5. The highest BCUT2D eigenvalue weighted by atomic mass is 16.3. The van der Waals surface area contributed by atoms with Crippen molar-refractivity contribution in [2.75, 3.05) is 46.3 Å². The normalized spacial score (nSPS) is 27.1. The van der Waals surface area contributed by atoms with Gasteiger partial charge in [0.1, 0.15) is 0 Å². The summed E-state index contributed by atoms with van der Waals surface area (Å²) in [6.45, 7) is 8.27. The van der Waals surface area contributed by atoms with E-state index in [0.29, 0.717) is 25.1 Å². The molecule has 0 bridgehead atoms. The standard InChI is InChI=1S/C18H31N5O2/c1-3-23-14-15(13-19-23)18(25)22-9-5-16(17(24)6-10-22)21-8-4-7-20(2)11-12-21/h13-14,16-17,24H,3-12H2,1-2H3/t16-,17-/m0/s1. The van der Waals surface area contributed by atoms with Crippen LogP contribution in [-0.2, 0) is 6.54 Å². The van der Waals surface area contributed by atoms with Crippen LogP contribution in [0, 0.1) is 0 Å². The topological polar surface area (TPSA) is 64.8 Å². The Hall–Kier alpha value is -1.44. The number of carbonyl (C=O) groups excluding carboxylic acids is 1. The molecule has 2 atom stereocenters. The SMILES string of the molecule is CCn1cc(C(=O)N2CC[C@H](O)[C@@H](N3CCCN(C)CC3)CC2)cn1. The molecule has 0 spiro atoms. The average molecular weight is 349 g/mol. The van der Waals surface area contributed by atoms with Crippen molar-refractivity contribution in [1.29, 1.82) is 0 Å². The zero-order valence-corrected chi connectivity index (χ0v) is 15.5. The Kier molecular flexibility index (Phi) is 6.09. The number of aromatic nitrogens is 2. The second-order valence-electron chi connectivity index (χ2n) is 7.28. The second-order valence-corrected chi connectivity index (χ2v) is 7.28. The van der Waals surface area contributed by atoms with Crippen molar-refractivity contribution < 1.29 is 9.90 Å². The number of aryl methyl sites for hydroxylation is 1. The van der Waals surface area contributed by atoms with Gasteiger partial charge in [0.25, 0.3) is 5.91 Å². The van der Waals surface area contributed by atoms with Crippen molar-refractivity contribution in [3.8, 4) is 0 Å². The molecule has 0 aliphatic carbocycles. The first-order valence-electron chi connectivity index (χ1n) is 9.51. The fourth-order valence-corrected chi connectivity index (χ4v) is 3.93. The molecule has 7 nitrogen and oxygen atoms in total. The largest absolute Gasteiger partial charge is 0.391 e. The minimum atomic E-state index is -0.362. The monoisotopic (exact) mass is 349 g/mol. The summed E-state index contributed by atoms with van der Waals surface area (Å²) >= 11 is 0. The molecule has 3 rings (SSSR count).